The Kier molecular flexibility index (Phi) is 5.03. The lowest BCUT2D eigenvalue weighted by atomic mass is 9.74. The summed E-state index contributed by atoms with van der Waals surface area (Å²) < 4.78 is 5.35. The highest BCUT2D eigenvalue weighted by molar-refractivity contribution is 5.91. The highest BCUT2D eigenvalue weighted by atomic mass is 16.3. The van der Waals surface area contributed by atoms with Crippen LogP contribution in [0, 0.1) is 12.3 Å². The van der Waals surface area contributed by atoms with Crippen LogP contribution in [0.3, 0.4) is 0 Å². The summed E-state index contributed by atoms with van der Waals surface area (Å²) in [5.74, 6) is 0.0150. The molecule has 6 nitrogen and oxygen atoms in total. The topological polar surface area (TPSA) is 91.0 Å². The van der Waals surface area contributed by atoms with Crippen molar-refractivity contribution >= 4 is 5.91 Å². The maximum atomic E-state index is 12.5. The molecule has 6 heteroatoms. The van der Waals surface area contributed by atoms with Gasteiger partial charge in [0.1, 0.15) is 5.76 Å². The van der Waals surface area contributed by atoms with E-state index in [2.05, 4.69) is 0 Å². The van der Waals surface area contributed by atoms with E-state index in [0.29, 0.717) is 25.1 Å². The third-order valence-corrected chi connectivity index (χ3v) is 4.34. The fourth-order valence-corrected chi connectivity index (χ4v) is 3.16. The standard InChI is InChI=1S/C16H23NO5/c1-3-5-16(10-18)9-17(6-4-14(16)20)15(21)13-8-12(19)7-11(2)22-13/h7-8,14,18,20H,3-6,9-10H2,1-2H3/t14-,16+/m1/s1. The van der Waals surface area contributed by atoms with Crippen LogP contribution >= 0.6 is 0 Å². The van der Waals surface area contributed by atoms with E-state index in [1.807, 2.05) is 6.92 Å². The molecule has 2 atom stereocenters. The van der Waals surface area contributed by atoms with Crippen molar-refractivity contribution < 1.29 is 19.4 Å². The highest BCUT2D eigenvalue weighted by Gasteiger charge is 2.43. The minimum Gasteiger partial charge on any atom is -0.456 e. The van der Waals surface area contributed by atoms with Gasteiger partial charge in [0, 0.05) is 30.6 Å². The van der Waals surface area contributed by atoms with Crippen molar-refractivity contribution in [2.75, 3.05) is 19.7 Å². The van der Waals surface area contributed by atoms with Gasteiger partial charge in [-0.15, -0.1) is 0 Å². The predicted octanol–water partition coefficient (Wildman–Crippen LogP) is 0.934. The van der Waals surface area contributed by atoms with Crippen LogP contribution in [0.4, 0.5) is 0 Å². The zero-order valence-corrected chi connectivity index (χ0v) is 13.0. The largest absolute Gasteiger partial charge is 0.456 e. The monoisotopic (exact) mass is 309 g/mol. The summed E-state index contributed by atoms with van der Waals surface area (Å²) in [6.07, 6.45) is 1.21. The number of rotatable bonds is 4. The van der Waals surface area contributed by atoms with E-state index in [-0.39, 0.29) is 30.2 Å². The maximum Gasteiger partial charge on any atom is 0.289 e. The number of carbonyl (C=O) groups excluding carboxylic acids is 1. The number of likely N-dealkylation sites (tertiary alicyclic amines) is 1. The first kappa shape index (κ1) is 16.7. The van der Waals surface area contributed by atoms with E-state index in [1.54, 1.807) is 11.8 Å². The molecule has 2 heterocycles. The van der Waals surface area contributed by atoms with Gasteiger partial charge in [-0.05, 0) is 19.8 Å². The van der Waals surface area contributed by atoms with Crippen LogP contribution in [0.2, 0.25) is 0 Å². The summed E-state index contributed by atoms with van der Waals surface area (Å²) in [6.45, 7) is 4.05. The molecule has 1 aliphatic heterocycles. The number of carbonyl (C=O) groups is 1. The van der Waals surface area contributed by atoms with Crippen molar-refractivity contribution in [1.29, 1.82) is 0 Å². The number of nitrogens with zero attached hydrogens (tertiary/aromatic N) is 1. The van der Waals surface area contributed by atoms with E-state index in [4.69, 9.17) is 4.42 Å². The molecule has 1 aromatic rings. The fourth-order valence-electron chi connectivity index (χ4n) is 3.16. The molecule has 0 saturated carbocycles. The first-order valence-electron chi connectivity index (χ1n) is 7.62. The lowest BCUT2D eigenvalue weighted by Gasteiger charge is -2.45. The van der Waals surface area contributed by atoms with E-state index in [1.165, 1.54) is 12.1 Å². The van der Waals surface area contributed by atoms with Crippen molar-refractivity contribution in [1.82, 2.24) is 4.90 Å². The molecule has 2 N–H and O–H groups in total. The lowest BCUT2D eigenvalue weighted by Crippen LogP contribution is -2.55. The van der Waals surface area contributed by atoms with Gasteiger partial charge in [-0.1, -0.05) is 13.3 Å². The number of aliphatic hydroxyl groups is 2. The summed E-state index contributed by atoms with van der Waals surface area (Å²) in [5, 5.41) is 20.0. The average molecular weight is 309 g/mol. The first-order chi connectivity index (χ1) is 10.4. The second-order valence-electron chi connectivity index (χ2n) is 6.07. The molecule has 122 valence electrons. The minimum atomic E-state index is -0.702. The number of hydrogen-bond acceptors (Lipinski definition) is 5. The van der Waals surface area contributed by atoms with Crippen LogP contribution < -0.4 is 5.43 Å². The van der Waals surface area contributed by atoms with Crippen molar-refractivity contribution in [2.45, 2.75) is 39.2 Å². The predicted molar refractivity (Wildman–Crippen MR) is 80.7 cm³/mol. The number of piperidine rings is 1. The molecule has 1 aliphatic rings. The molecule has 0 bridgehead atoms. The Hall–Kier alpha value is -1.66. The Bertz CT molecular complexity index is 596. The summed E-state index contributed by atoms with van der Waals surface area (Å²) in [4.78, 5) is 25.6. The number of amides is 1. The molecule has 1 amide bonds. The third kappa shape index (κ3) is 3.23. The number of hydrogen-bond donors (Lipinski definition) is 2. The zero-order chi connectivity index (χ0) is 16.3. The van der Waals surface area contributed by atoms with Gasteiger partial charge >= 0.3 is 0 Å². The summed E-state index contributed by atoms with van der Waals surface area (Å²) in [5.41, 5.74) is -0.974. The number of aliphatic hydroxyl groups excluding tert-OH is 2. The molecule has 0 aliphatic carbocycles. The molecule has 1 fully saturated rings. The smallest absolute Gasteiger partial charge is 0.289 e. The molecule has 0 spiro atoms. The van der Waals surface area contributed by atoms with E-state index >= 15 is 0 Å². The van der Waals surface area contributed by atoms with Gasteiger partial charge in [0.05, 0.1) is 12.7 Å². The van der Waals surface area contributed by atoms with Gasteiger partial charge in [0.2, 0.25) is 0 Å². The highest BCUT2D eigenvalue weighted by Crippen LogP contribution is 2.35. The number of aryl methyl sites for hydroxylation is 1. The molecule has 0 unspecified atom stereocenters. The Morgan fingerprint density at radius 2 is 2.23 bits per heavy atom. The van der Waals surface area contributed by atoms with Gasteiger partial charge < -0.3 is 19.5 Å². The first-order valence-corrected chi connectivity index (χ1v) is 7.62. The SMILES string of the molecule is CCC[C@@]1(CO)CN(C(=O)c2cc(=O)cc(C)o2)CC[C@H]1O. The van der Waals surface area contributed by atoms with Crippen molar-refractivity contribution in [3.8, 4) is 0 Å². The van der Waals surface area contributed by atoms with Crippen LogP contribution in [0.15, 0.2) is 21.3 Å². The normalized spacial score (nSPS) is 25.3. The summed E-state index contributed by atoms with van der Waals surface area (Å²) >= 11 is 0. The molecule has 2 rings (SSSR count). The van der Waals surface area contributed by atoms with Gasteiger partial charge in [-0.3, -0.25) is 9.59 Å². The van der Waals surface area contributed by atoms with Crippen LogP contribution in [-0.4, -0.2) is 46.8 Å². The Morgan fingerprint density at radius 3 is 2.82 bits per heavy atom. The molecule has 0 aromatic carbocycles. The zero-order valence-electron chi connectivity index (χ0n) is 13.0. The third-order valence-electron chi connectivity index (χ3n) is 4.34. The molecule has 0 radical (unpaired) electrons. The van der Waals surface area contributed by atoms with Crippen molar-refractivity contribution in [3.05, 3.63) is 33.9 Å². The van der Waals surface area contributed by atoms with E-state index < -0.39 is 11.5 Å². The van der Waals surface area contributed by atoms with Gasteiger partial charge in [0.15, 0.2) is 11.2 Å². The van der Waals surface area contributed by atoms with Gasteiger partial charge in [-0.25, -0.2) is 0 Å². The second-order valence-corrected chi connectivity index (χ2v) is 6.07. The molecule has 1 saturated heterocycles. The Labute approximate surface area is 129 Å². The van der Waals surface area contributed by atoms with Crippen LogP contribution in [0.1, 0.15) is 42.5 Å². The van der Waals surface area contributed by atoms with Crippen LogP contribution in [0.25, 0.3) is 0 Å². The van der Waals surface area contributed by atoms with Crippen molar-refractivity contribution in [2.24, 2.45) is 5.41 Å². The molecular weight excluding hydrogens is 286 g/mol. The second kappa shape index (κ2) is 6.62. The van der Waals surface area contributed by atoms with Crippen molar-refractivity contribution in [3.63, 3.8) is 0 Å². The quantitative estimate of drug-likeness (QED) is 0.863. The average Bonchev–Trinajstić information content (AvgIpc) is 2.48. The Balaban J connectivity index is 2.25. The van der Waals surface area contributed by atoms with Crippen LogP contribution in [0.5, 0.6) is 0 Å². The summed E-state index contributed by atoms with van der Waals surface area (Å²) in [7, 11) is 0. The summed E-state index contributed by atoms with van der Waals surface area (Å²) in [6, 6.07) is 2.51. The molecular formula is C16H23NO5. The van der Waals surface area contributed by atoms with Gasteiger partial charge in [-0.2, -0.15) is 0 Å². The van der Waals surface area contributed by atoms with E-state index in [0.717, 1.165) is 6.42 Å². The molecule has 1 aromatic heterocycles. The Morgan fingerprint density at radius 1 is 1.50 bits per heavy atom. The molecule has 22 heavy (non-hydrogen) atoms. The lowest BCUT2D eigenvalue weighted by molar-refractivity contribution is -0.0725. The van der Waals surface area contributed by atoms with E-state index in [9.17, 15) is 19.8 Å². The van der Waals surface area contributed by atoms with Gasteiger partial charge in [0.25, 0.3) is 5.91 Å². The minimum absolute atomic E-state index is 0.00438. The van der Waals surface area contributed by atoms with Crippen LogP contribution in [-0.2, 0) is 0 Å². The maximum absolute atomic E-state index is 12.5. The fraction of sp³-hybridized carbons (Fsp3) is 0.625.